The molecule has 0 heterocycles. The standard InChI is InChI=1S/C12H14O/c1-8-7-11(8)10-5-3-4-6-12(13)9(10)2/h3-6,8,11H,7H2,1-2H3/t8-,11?/m0/s1. The molecule has 1 saturated carbocycles. The van der Waals surface area contributed by atoms with E-state index in [1.807, 2.05) is 19.1 Å². The van der Waals surface area contributed by atoms with Gasteiger partial charge in [-0.05, 0) is 42.4 Å². The topological polar surface area (TPSA) is 17.1 Å². The van der Waals surface area contributed by atoms with Gasteiger partial charge in [-0.1, -0.05) is 25.1 Å². The fourth-order valence-electron chi connectivity index (χ4n) is 1.85. The van der Waals surface area contributed by atoms with Gasteiger partial charge in [0.25, 0.3) is 0 Å². The lowest BCUT2D eigenvalue weighted by Gasteiger charge is -1.97. The van der Waals surface area contributed by atoms with Crippen molar-refractivity contribution in [3.63, 3.8) is 0 Å². The van der Waals surface area contributed by atoms with Crippen molar-refractivity contribution in [3.05, 3.63) is 45.6 Å². The summed E-state index contributed by atoms with van der Waals surface area (Å²) in [6.45, 7) is 4.17. The van der Waals surface area contributed by atoms with E-state index < -0.39 is 0 Å². The maximum absolute atomic E-state index is 11.5. The van der Waals surface area contributed by atoms with Crippen LogP contribution in [-0.2, 0) is 0 Å². The van der Waals surface area contributed by atoms with E-state index in [2.05, 4.69) is 13.0 Å². The lowest BCUT2D eigenvalue weighted by molar-refractivity contribution is 0.908. The van der Waals surface area contributed by atoms with E-state index in [9.17, 15) is 4.79 Å². The second kappa shape index (κ2) is 2.99. The Morgan fingerprint density at radius 3 is 2.54 bits per heavy atom. The van der Waals surface area contributed by atoms with Gasteiger partial charge in [0, 0.05) is 0 Å². The quantitative estimate of drug-likeness (QED) is 0.639. The molecule has 0 aliphatic heterocycles. The molecule has 13 heavy (non-hydrogen) atoms. The van der Waals surface area contributed by atoms with Crippen molar-refractivity contribution in [2.45, 2.75) is 26.2 Å². The molecule has 0 saturated heterocycles. The van der Waals surface area contributed by atoms with Gasteiger partial charge >= 0.3 is 0 Å². The Hall–Kier alpha value is -1.11. The van der Waals surface area contributed by atoms with Gasteiger partial charge in [0.15, 0.2) is 5.43 Å². The molecule has 1 aromatic rings. The van der Waals surface area contributed by atoms with Gasteiger partial charge in [0.1, 0.15) is 0 Å². The second-order valence-corrected chi connectivity index (χ2v) is 3.98. The maximum atomic E-state index is 11.5. The van der Waals surface area contributed by atoms with E-state index in [-0.39, 0.29) is 5.43 Å². The van der Waals surface area contributed by atoms with Crippen LogP contribution in [0.4, 0.5) is 0 Å². The predicted octanol–water partition coefficient (Wildman–Crippen LogP) is 2.48. The number of rotatable bonds is 1. The maximum Gasteiger partial charge on any atom is 0.181 e. The molecular formula is C12H14O. The summed E-state index contributed by atoms with van der Waals surface area (Å²) < 4.78 is 0. The van der Waals surface area contributed by atoms with E-state index in [1.54, 1.807) is 6.07 Å². The third kappa shape index (κ3) is 1.51. The summed E-state index contributed by atoms with van der Waals surface area (Å²) in [6.07, 6.45) is 1.24. The first-order valence-corrected chi connectivity index (χ1v) is 4.80. The van der Waals surface area contributed by atoms with Crippen LogP contribution in [0.1, 0.15) is 30.4 Å². The van der Waals surface area contributed by atoms with Crippen LogP contribution in [0.3, 0.4) is 0 Å². The van der Waals surface area contributed by atoms with Crippen LogP contribution < -0.4 is 5.43 Å². The highest BCUT2D eigenvalue weighted by Gasteiger charge is 2.34. The van der Waals surface area contributed by atoms with Gasteiger partial charge in [-0.25, -0.2) is 0 Å². The van der Waals surface area contributed by atoms with Crippen molar-refractivity contribution >= 4 is 0 Å². The Morgan fingerprint density at radius 2 is 1.92 bits per heavy atom. The minimum Gasteiger partial charge on any atom is -0.290 e. The molecule has 1 aliphatic rings. The summed E-state index contributed by atoms with van der Waals surface area (Å²) in [5.41, 5.74) is 2.35. The van der Waals surface area contributed by atoms with Crippen LogP contribution in [0, 0.1) is 12.8 Å². The zero-order valence-corrected chi connectivity index (χ0v) is 8.08. The summed E-state index contributed by atoms with van der Waals surface area (Å²) in [6, 6.07) is 7.53. The van der Waals surface area contributed by atoms with Crippen molar-refractivity contribution in [1.29, 1.82) is 0 Å². The Balaban J connectivity index is 2.53. The largest absolute Gasteiger partial charge is 0.290 e. The van der Waals surface area contributed by atoms with E-state index in [4.69, 9.17) is 0 Å². The fourth-order valence-corrected chi connectivity index (χ4v) is 1.85. The average Bonchev–Trinajstić information content (AvgIpc) is 2.82. The molecule has 0 radical (unpaired) electrons. The van der Waals surface area contributed by atoms with Crippen LogP contribution in [-0.4, -0.2) is 0 Å². The van der Waals surface area contributed by atoms with Crippen LogP contribution in [0.5, 0.6) is 0 Å². The molecule has 68 valence electrons. The first-order valence-electron chi connectivity index (χ1n) is 4.80. The van der Waals surface area contributed by atoms with Crippen LogP contribution in [0.15, 0.2) is 29.1 Å². The zero-order valence-electron chi connectivity index (χ0n) is 8.08. The van der Waals surface area contributed by atoms with Gasteiger partial charge < -0.3 is 0 Å². The fraction of sp³-hybridized carbons (Fsp3) is 0.417. The van der Waals surface area contributed by atoms with E-state index in [0.717, 1.165) is 11.5 Å². The molecule has 2 atom stereocenters. The van der Waals surface area contributed by atoms with Crippen molar-refractivity contribution in [3.8, 4) is 0 Å². The highest BCUT2D eigenvalue weighted by Crippen LogP contribution is 2.47. The normalized spacial score (nSPS) is 25.7. The molecule has 1 aromatic carbocycles. The zero-order chi connectivity index (χ0) is 9.42. The smallest absolute Gasteiger partial charge is 0.181 e. The molecular weight excluding hydrogens is 160 g/mol. The van der Waals surface area contributed by atoms with E-state index in [1.165, 1.54) is 12.0 Å². The lowest BCUT2D eigenvalue weighted by Crippen LogP contribution is -2.02. The summed E-state index contributed by atoms with van der Waals surface area (Å²) in [4.78, 5) is 11.5. The van der Waals surface area contributed by atoms with Crippen LogP contribution in [0.2, 0.25) is 0 Å². The molecule has 0 bridgehead atoms. The first kappa shape index (κ1) is 8.49. The molecule has 0 N–H and O–H groups in total. The minimum absolute atomic E-state index is 0.166. The lowest BCUT2D eigenvalue weighted by atomic mass is 10.1. The Labute approximate surface area is 78.4 Å². The van der Waals surface area contributed by atoms with Gasteiger partial charge in [0.2, 0.25) is 0 Å². The molecule has 1 heteroatoms. The summed E-state index contributed by atoms with van der Waals surface area (Å²) >= 11 is 0. The van der Waals surface area contributed by atoms with Gasteiger partial charge in [0.05, 0.1) is 0 Å². The third-order valence-electron chi connectivity index (χ3n) is 2.95. The van der Waals surface area contributed by atoms with Gasteiger partial charge in [-0.3, -0.25) is 4.79 Å². The van der Waals surface area contributed by atoms with Crippen molar-refractivity contribution in [1.82, 2.24) is 0 Å². The Kier molecular flexibility index (Phi) is 1.95. The third-order valence-corrected chi connectivity index (χ3v) is 2.95. The molecule has 0 aromatic heterocycles. The minimum atomic E-state index is 0.166. The molecule has 0 amide bonds. The molecule has 1 fully saturated rings. The monoisotopic (exact) mass is 174 g/mol. The summed E-state index contributed by atoms with van der Waals surface area (Å²) in [5.74, 6) is 1.40. The van der Waals surface area contributed by atoms with Crippen molar-refractivity contribution < 1.29 is 0 Å². The highest BCUT2D eigenvalue weighted by atomic mass is 16.1. The van der Waals surface area contributed by atoms with E-state index in [0.29, 0.717) is 5.92 Å². The Bertz CT molecular complexity index is 381. The average molecular weight is 174 g/mol. The van der Waals surface area contributed by atoms with Crippen LogP contribution in [0.25, 0.3) is 0 Å². The van der Waals surface area contributed by atoms with Crippen LogP contribution >= 0.6 is 0 Å². The molecule has 2 rings (SSSR count). The highest BCUT2D eigenvalue weighted by molar-refractivity contribution is 5.32. The number of hydrogen-bond acceptors (Lipinski definition) is 1. The predicted molar refractivity (Wildman–Crippen MR) is 54.0 cm³/mol. The summed E-state index contributed by atoms with van der Waals surface area (Å²) in [5, 5.41) is 0. The molecule has 1 nitrogen and oxygen atoms in total. The molecule has 1 aliphatic carbocycles. The van der Waals surface area contributed by atoms with E-state index >= 15 is 0 Å². The van der Waals surface area contributed by atoms with Crippen molar-refractivity contribution in [2.75, 3.05) is 0 Å². The number of hydrogen-bond donors (Lipinski definition) is 0. The summed E-state index contributed by atoms with van der Waals surface area (Å²) in [7, 11) is 0. The van der Waals surface area contributed by atoms with Crippen molar-refractivity contribution in [2.24, 2.45) is 5.92 Å². The Morgan fingerprint density at radius 1 is 1.31 bits per heavy atom. The molecule has 1 unspecified atom stereocenters. The first-order chi connectivity index (χ1) is 6.20. The molecule has 0 spiro atoms. The van der Waals surface area contributed by atoms with Gasteiger partial charge in [-0.2, -0.15) is 0 Å². The van der Waals surface area contributed by atoms with Gasteiger partial charge in [-0.15, -0.1) is 0 Å². The second-order valence-electron chi connectivity index (χ2n) is 3.98. The SMILES string of the molecule is Cc1c(C2C[C@@H]2C)ccccc1=O.